The molecular formula is C18H28O3. The zero-order chi connectivity index (χ0) is 15.1. The second kappa shape index (κ2) is 8.52. The summed E-state index contributed by atoms with van der Waals surface area (Å²) < 4.78 is 0. The molecule has 21 heavy (non-hydrogen) atoms. The van der Waals surface area contributed by atoms with Crippen LogP contribution in [0.5, 0.6) is 0 Å². The largest absolute Gasteiger partial charge is 0.396 e. The van der Waals surface area contributed by atoms with Gasteiger partial charge in [0.05, 0.1) is 12.2 Å². The van der Waals surface area contributed by atoms with Gasteiger partial charge in [-0.15, -0.1) is 0 Å². The fourth-order valence-electron chi connectivity index (χ4n) is 3.59. The van der Waals surface area contributed by atoms with E-state index in [2.05, 4.69) is 12.1 Å². The van der Waals surface area contributed by atoms with Gasteiger partial charge in [0.1, 0.15) is 0 Å². The summed E-state index contributed by atoms with van der Waals surface area (Å²) >= 11 is 0. The van der Waals surface area contributed by atoms with E-state index in [0.717, 1.165) is 44.9 Å². The highest BCUT2D eigenvalue weighted by Gasteiger charge is 2.34. The average Bonchev–Trinajstić information content (AvgIpc) is 2.85. The third-order valence-electron chi connectivity index (χ3n) is 4.88. The van der Waals surface area contributed by atoms with Gasteiger partial charge in [-0.05, 0) is 62.3 Å². The van der Waals surface area contributed by atoms with Crippen molar-refractivity contribution in [1.29, 1.82) is 0 Å². The molecular weight excluding hydrogens is 264 g/mol. The van der Waals surface area contributed by atoms with Crippen LogP contribution in [0.3, 0.4) is 0 Å². The molecule has 0 heterocycles. The number of aliphatic hydroxyl groups is 3. The summed E-state index contributed by atoms with van der Waals surface area (Å²) in [6, 6.07) is 10.2. The van der Waals surface area contributed by atoms with Crippen molar-refractivity contribution in [3.8, 4) is 0 Å². The van der Waals surface area contributed by atoms with Crippen LogP contribution in [0.4, 0.5) is 0 Å². The summed E-state index contributed by atoms with van der Waals surface area (Å²) in [5.41, 5.74) is 1.26. The molecule has 3 nitrogen and oxygen atoms in total. The Bertz CT molecular complexity index is 391. The molecule has 4 unspecified atom stereocenters. The van der Waals surface area contributed by atoms with Gasteiger partial charge in [-0.25, -0.2) is 0 Å². The van der Waals surface area contributed by atoms with Gasteiger partial charge < -0.3 is 15.3 Å². The predicted octanol–water partition coefficient (Wildman–Crippen LogP) is 2.53. The van der Waals surface area contributed by atoms with Gasteiger partial charge in [0.15, 0.2) is 0 Å². The van der Waals surface area contributed by atoms with E-state index in [1.807, 2.05) is 18.2 Å². The zero-order valence-electron chi connectivity index (χ0n) is 12.7. The monoisotopic (exact) mass is 292 g/mol. The van der Waals surface area contributed by atoms with E-state index >= 15 is 0 Å². The van der Waals surface area contributed by atoms with Crippen LogP contribution in [0, 0.1) is 11.8 Å². The lowest BCUT2D eigenvalue weighted by molar-refractivity contribution is 0.0832. The highest BCUT2D eigenvalue weighted by molar-refractivity contribution is 5.14. The molecule has 2 rings (SSSR count). The fraction of sp³-hybridized carbons (Fsp3) is 0.667. The molecule has 3 N–H and O–H groups in total. The SMILES string of the molecule is OCCC1CCC(O)C1CCC(O)CCc1ccccc1. The van der Waals surface area contributed by atoms with Crippen molar-refractivity contribution >= 4 is 0 Å². The first-order chi connectivity index (χ1) is 10.2. The highest BCUT2D eigenvalue weighted by Crippen LogP contribution is 2.37. The molecule has 0 aromatic heterocycles. The van der Waals surface area contributed by atoms with Crippen molar-refractivity contribution < 1.29 is 15.3 Å². The van der Waals surface area contributed by atoms with Gasteiger partial charge in [-0.1, -0.05) is 30.3 Å². The Morgan fingerprint density at radius 1 is 1.05 bits per heavy atom. The van der Waals surface area contributed by atoms with Gasteiger partial charge >= 0.3 is 0 Å². The Hall–Kier alpha value is -0.900. The summed E-state index contributed by atoms with van der Waals surface area (Å²) in [6.07, 6.45) is 5.37. The number of hydrogen-bond donors (Lipinski definition) is 3. The van der Waals surface area contributed by atoms with E-state index in [1.54, 1.807) is 0 Å². The predicted molar refractivity (Wildman–Crippen MR) is 83.9 cm³/mol. The van der Waals surface area contributed by atoms with Crippen LogP contribution in [0.25, 0.3) is 0 Å². The highest BCUT2D eigenvalue weighted by atomic mass is 16.3. The molecule has 0 spiro atoms. The summed E-state index contributed by atoms with van der Waals surface area (Å²) in [7, 11) is 0. The third kappa shape index (κ3) is 5.10. The van der Waals surface area contributed by atoms with Crippen LogP contribution >= 0.6 is 0 Å². The van der Waals surface area contributed by atoms with E-state index < -0.39 is 0 Å². The summed E-state index contributed by atoms with van der Waals surface area (Å²) in [5, 5.41) is 29.3. The maximum absolute atomic E-state index is 10.1. The number of hydrogen-bond acceptors (Lipinski definition) is 3. The van der Waals surface area contributed by atoms with Gasteiger partial charge in [-0.3, -0.25) is 0 Å². The summed E-state index contributed by atoms with van der Waals surface area (Å²) in [6.45, 7) is 0.199. The minimum atomic E-state index is -0.298. The van der Waals surface area contributed by atoms with Crippen molar-refractivity contribution in [2.45, 2.75) is 57.2 Å². The van der Waals surface area contributed by atoms with Gasteiger partial charge in [0.25, 0.3) is 0 Å². The molecule has 1 aliphatic rings. The quantitative estimate of drug-likeness (QED) is 0.690. The maximum Gasteiger partial charge on any atom is 0.0571 e. The molecule has 0 bridgehead atoms. The molecule has 0 aliphatic heterocycles. The third-order valence-corrected chi connectivity index (χ3v) is 4.88. The lowest BCUT2D eigenvalue weighted by atomic mass is 9.87. The molecule has 118 valence electrons. The molecule has 1 fully saturated rings. The van der Waals surface area contributed by atoms with E-state index in [9.17, 15) is 10.2 Å². The van der Waals surface area contributed by atoms with Crippen LogP contribution in [0.15, 0.2) is 30.3 Å². The Labute approximate surface area is 127 Å². The Kier molecular flexibility index (Phi) is 6.68. The first-order valence-electron chi connectivity index (χ1n) is 8.21. The minimum absolute atomic E-state index is 0.199. The standard InChI is InChI=1S/C18H28O3/c19-13-12-15-7-11-18(21)17(15)10-9-16(20)8-6-14-4-2-1-3-5-14/h1-5,15-21H,6-13H2. The first-order valence-corrected chi connectivity index (χ1v) is 8.21. The Morgan fingerprint density at radius 3 is 2.52 bits per heavy atom. The van der Waals surface area contributed by atoms with Crippen LogP contribution in [-0.4, -0.2) is 34.1 Å². The van der Waals surface area contributed by atoms with Crippen LogP contribution < -0.4 is 0 Å². The Balaban J connectivity index is 1.71. The number of benzene rings is 1. The van der Waals surface area contributed by atoms with Crippen molar-refractivity contribution in [1.82, 2.24) is 0 Å². The van der Waals surface area contributed by atoms with Crippen LogP contribution in [0.1, 0.15) is 44.1 Å². The number of aryl methyl sites for hydroxylation is 1. The van der Waals surface area contributed by atoms with Gasteiger partial charge in [0, 0.05) is 6.61 Å². The number of aliphatic hydroxyl groups excluding tert-OH is 3. The van der Waals surface area contributed by atoms with Gasteiger partial charge in [0.2, 0.25) is 0 Å². The molecule has 1 aromatic carbocycles. The Morgan fingerprint density at radius 2 is 1.81 bits per heavy atom. The van der Waals surface area contributed by atoms with E-state index in [-0.39, 0.29) is 24.7 Å². The molecule has 0 radical (unpaired) electrons. The van der Waals surface area contributed by atoms with Crippen LogP contribution in [0.2, 0.25) is 0 Å². The first kappa shape index (κ1) is 16.5. The fourth-order valence-corrected chi connectivity index (χ4v) is 3.59. The smallest absolute Gasteiger partial charge is 0.0571 e. The van der Waals surface area contributed by atoms with Crippen molar-refractivity contribution in [3.63, 3.8) is 0 Å². The lowest BCUT2D eigenvalue weighted by Gasteiger charge is -2.23. The molecule has 0 saturated heterocycles. The maximum atomic E-state index is 10.1. The zero-order valence-corrected chi connectivity index (χ0v) is 12.7. The van der Waals surface area contributed by atoms with E-state index in [4.69, 9.17) is 5.11 Å². The van der Waals surface area contributed by atoms with Crippen molar-refractivity contribution in [3.05, 3.63) is 35.9 Å². The second-order valence-corrected chi connectivity index (χ2v) is 6.34. The minimum Gasteiger partial charge on any atom is -0.396 e. The second-order valence-electron chi connectivity index (χ2n) is 6.34. The van der Waals surface area contributed by atoms with Crippen molar-refractivity contribution in [2.24, 2.45) is 11.8 Å². The molecule has 0 amide bonds. The normalized spacial score (nSPS) is 26.9. The summed E-state index contributed by atoms with van der Waals surface area (Å²) in [5.74, 6) is 0.676. The molecule has 1 aromatic rings. The van der Waals surface area contributed by atoms with E-state index in [0.29, 0.717) is 5.92 Å². The van der Waals surface area contributed by atoms with Crippen LogP contribution in [-0.2, 0) is 6.42 Å². The topological polar surface area (TPSA) is 60.7 Å². The molecule has 3 heteroatoms. The van der Waals surface area contributed by atoms with E-state index in [1.165, 1.54) is 5.56 Å². The number of rotatable bonds is 8. The molecule has 1 saturated carbocycles. The summed E-state index contributed by atoms with van der Waals surface area (Å²) in [4.78, 5) is 0. The molecule has 4 atom stereocenters. The molecule has 1 aliphatic carbocycles. The average molecular weight is 292 g/mol. The van der Waals surface area contributed by atoms with Crippen molar-refractivity contribution in [2.75, 3.05) is 6.61 Å². The van der Waals surface area contributed by atoms with Gasteiger partial charge in [-0.2, -0.15) is 0 Å². The lowest BCUT2D eigenvalue weighted by Crippen LogP contribution is -2.22.